The maximum Gasteiger partial charge on any atom is 0.135 e. The molecule has 4 N–H and O–H groups in total. The van der Waals surface area contributed by atoms with Gasteiger partial charge in [0.05, 0.1) is 5.02 Å². The van der Waals surface area contributed by atoms with Gasteiger partial charge in [-0.2, -0.15) is 0 Å². The molecule has 0 heterocycles. The van der Waals surface area contributed by atoms with E-state index in [1.54, 1.807) is 0 Å². The third kappa shape index (κ3) is 4.28. The van der Waals surface area contributed by atoms with Gasteiger partial charge >= 0.3 is 0 Å². The lowest BCUT2D eigenvalue weighted by atomic mass is 10.3. The molecule has 19 heavy (non-hydrogen) atoms. The minimum absolute atomic E-state index is 0.0190. The molecule has 7 heteroatoms. The van der Waals surface area contributed by atoms with E-state index in [0.29, 0.717) is 0 Å². The van der Waals surface area contributed by atoms with Crippen LogP contribution in [-0.4, -0.2) is 20.4 Å². The van der Waals surface area contributed by atoms with Gasteiger partial charge in [-0.1, -0.05) is 34.8 Å². The van der Waals surface area contributed by atoms with Crippen LogP contribution < -0.4 is 0 Å². The average molecular weight is 324 g/mol. The zero-order valence-electron chi connectivity index (χ0n) is 9.31. The standard InChI is InChI=1S/C6H4Cl2O2.C6H5ClO2/c7-5-3(9)1-2-4(10)6(5)8;7-5-3-4(8)1-2-6(5)9/h1-2,9-10H;1-3,8-9H. The number of halogens is 3. The van der Waals surface area contributed by atoms with Crippen LogP contribution in [0.3, 0.4) is 0 Å². The largest absolute Gasteiger partial charge is 0.508 e. The first-order chi connectivity index (χ1) is 8.82. The highest BCUT2D eigenvalue weighted by Crippen LogP contribution is 2.36. The SMILES string of the molecule is Oc1ccc(O)c(Cl)c1.Oc1ccc(O)c(Cl)c1Cl. The van der Waals surface area contributed by atoms with E-state index in [2.05, 4.69) is 0 Å². The third-order valence-corrected chi connectivity index (χ3v) is 3.14. The smallest absolute Gasteiger partial charge is 0.135 e. The quantitative estimate of drug-likeness (QED) is 0.549. The summed E-state index contributed by atoms with van der Waals surface area (Å²) < 4.78 is 0. The number of aromatic hydroxyl groups is 4. The maximum atomic E-state index is 8.90. The summed E-state index contributed by atoms with van der Waals surface area (Å²) in [6, 6.07) is 6.50. The summed E-state index contributed by atoms with van der Waals surface area (Å²) in [6.45, 7) is 0. The Balaban J connectivity index is 0.000000191. The Labute approximate surface area is 124 Å². The highest BCUT2D eigenvalue weighted by Gasteiger charge is 2.06. The normalized spacial score (nSPS) is 9.63. The fraction of sp³-hybridized carbons (Fsp3) is 0. The minimum Gasteiger partial charge on any atom is -0.508 e. The second-order valence-electron chi connectivity index (χ2n) is 3.37. The number of hydrogen-bond donors (Lipinski definition) is 4. The van der Waals surface area contributed by atoms with E-state index in [9.17, 15) is 0 Å². The molecule has 0 atom stereocenters. The van der Waals surface area contributed by atoms with Crippen LogP contribution in [-0.2, 0) is 0 Å². The Hall–Kier alpha value is -1.49. The number of hydrogen-bond acceptors (Lipinski definition) is 4. The molecule has 0 aromatic heterocycles. The van der Waals surface area contributed by atoms with Gasteiger partial charge in [-0.3, -0.25) is 0 Å². The molecular formula is C12H9Cl3O4. The molecule has 0 unspecified atom stereocenters. The Morgan fingerprint density at radius 1 is 0.632 bits per heavy atom. The molecule has 4 nitrogen and oxygen atoms in total. The van der Waals surface area contributed by atoms with E-state index < -0.39 is 0 Å². The monoisotopic (exact) mass is 322 g/mol. The van der Waals surface area contributed by atoms with Gasteiger partial charge < -0.3 is 20.4 Å². The summed E-state index contributed by atoms with van der Waals surface area (Å²) in [6.07, 6.45) is 0. The summed E-state index contributed by atoms with van der Waals surface area (Å²) in [5, 5.41) is 35.4. The van der Waals surface area contributed by atoms with Gasteiger partial charge in [0.1, 0.15) is 33.0 Å². The molecule has 0 saturated carbocycles. The highest BCUT2D eigenvalue weighted by molar-refractivity contribution is 6.43. The van der Waals surface area contributed by atoms with E-state index >= 15 is 0 Å². The fourth-order valence-electron chi connectivity index (χ4n) is 1.02. The lowest BCUT2D eigenvalue weighted by Crippen LogP contribution is -1.71. The van der Waals surface area contributed by atoms with Crippen molar-refractivity contribution >= 4 is 34.8 Å². The van der Waals surface area contributed by atoms with Gasteiger partial charge in [0.15, 0.2) is 0 Å². The van der Waals surface area contributed by atoms with E-state index in [-0.39, 0.29) is 38.1 Å². The lowest BCUT2D eigenvalue weighted by molar-refractivity contribution is 0.460. The van der Waals surface area contributed by atoms with Crippen LogP contribution >= 0.6 is 34.8 Å². The first-order valence-corrected chi connectivity index (χ1v) is 5.99. The predicted octanol–water partition coefficient (Wildman–Crippen LogP) is 4.16. The fourth-order valence-corrected chi connectivity index (χ4v) is 1.52. The van der Waals surface area contributed by atoms with Gasteiger partial charge in [0, 0.05) is 6.07 Å². The molecule has 0 amide bonds. The van der Waals surface area contributed by atoms with Crippen LogP contribution in [0.15, 0.2) is 30.3 Å². The Kier molecular flexibility index (Phi) is 5.42. The Morgan fingerprint density at radius 2 is 1.05 bits per heavy atom. The summed E-state index contributed by atoms with van der Waals surface area (Å²) in [4.78, 5) is 0. The van der Waals surface area contributed by atoms with Gasteiger partial charge in [0.2, 0.25) is 0 Å². The molecule has 0 bridgehead atoms. The molecule has 0 spiro atoms. The van der Waals surface area contributed by atoms with E-state index in [4.69, 9.17) is 55.2 Å². The van der Waals surface area contributed by atoms with E-state index in [0.717, 1.165) is 0 Å². The molecule has 0 aliphatic heterocycles. The Bertz CT molecular complexity index is 560. The van der Waals surface area contributed by atoms with Crippen LogP contribution in [0, 0.1) is 0 Å². The van der Waals surface area contributed by atoms with Gasteiger partial charge in [-0.15, -0.1) is 0 Å². The second-order valence-corrected chi connectivity index (χ2v) is 4.53. The molecule has 0 saturated heterocycles. The number of phenols is 4. The first-order valence-electron chi connectivity index (χ1n) is 4.86. The summed E-state index contributed by atoms with van der Waals surface area (Å²) in [5.41, 5.74) is 0. The van der Waals surface area contributed by atoms with Crippen LogP contribution in [0.4, 0.5) is 0 Å². The molecule has 2 rings (SSSR count). The molecule has 2 aromatic rings. The maximum absolute atomic E-state index is 8.90. The van der Waals surface area contributed by atoms with Crippen molar-refractivity contribution in [3.8, 4) is 23.0 Å². The van der Waals surface area contributed by atoms with Gasteiger partial charge in [-0.25, -0.2) is 0 Å². The summed E-state index contributed by atoms with van der Waals surface area (Å²) >= 11 is 16.3. The van der Waals surface area contributed by atoms with Crippen LogP contribution in [0.5, 0.6) is 23.0 Å². The number of phenolic OH excluding ortho intramolecular Hbond substituents is 4. The average Bonchev–Trinajstić information content (AvgIpc) is 2.37. The Morgan fingerprint density at radius 3 is 1.42 bits per heavy atom. The zero-order chi connectivity index (χ0) is 14.6. The zero-order valence-corrected chi connectivity index (χ0v) is 11.6. The van der Waals surface area contributed by atoms with Crippen molar-refractivity contribution in [3.05, 3.63) is 45.4 Å². The van der Waals surface area contributed by atoms with Gasteiger partial charge in [-0.05, 0) is 24.3 Å². The van der Waals surface area contributed by atoms with Crippen molar-refractivity contribution in [2.45, 2.75) is 0 Å². The van der Waals surface area contributed by atoms with Crippen LogP contribution in [0.1, 0.15) is 0 Å². The van der Waals surface area contributed by atoms with E-state index in [1.807, 2.05) is 0 Å². The van der Waals surface area contributed by atoms with Crippen molar-refractivity contribution in [3.63, 3.8) is 0 Å². The minimum atomic E-state index is -0.135. The molecule has 2 aromatic carbocycles. The van der Waals surface area contributed by atoms with Gasteiger partial charge in [0.25, 0.3) is 0 Å². The third-order valence-electron chi connectivity index (χ3n) is 1.97. The van der Waals surface area contributed by atoms with Crippen LogP contribution in [0.2, 0.25) is 15.1 Å². The van der Waals surface area contributed by atoms with Crippen molar-refractivity contribution in [1.82, 2.24) is 0 Å². The van der Waals surface area contributed by atoms with Crippen molar-refractivity contribution in [1.29, 1.82) is 0 Å². The number of benzene rings is 2. The van der Waals surface area contributed by atoms with Crippen molar-refractivity contribution < 1.29 is 20.4 Å². The molecule has 0 radical (unpaired) electrons. The highest BCUT2D eigenvalue weighted by atomic mass is 35.5. The summed E-state index contributed by atoms with van der Waals surface area (Å²) in [5.74, 6) is -0.235. The first kappa shape index (κ1) is 15.6. The molecular weight excluding hydrogens is 314 g/mol. The number of rotatable bonds is 0. The predicted molar refractivity (Wildman–Crippen MR) is 74.6 cm³/mol. The second kappa shape index (κ2) is 6.61. The topological polar surface area (TPSA) is 80.9 Å². The lowest BCUT2D eigenvalue weighted by Gasteiger charge is -1.99. The molecule has 102 valence electrons. The van der Waals surface area contributed by atoms with Crippen molar-refractivity contribution in [2.75, 3.05) is 0 Å². The van der Waals surface area contributed by atoms with Crippen molar-refractivity contribution in [2.24, 2.45) is 0 Å². The molecule has 0 fully saturated rings. The molecule has 0 aliphatic carbocycles. The molecule has 0 aliphatic rings. The van der Waals surface area contributed by atoms with Crippen LogP contribution in [0.25, 0.3) is 0 Å². The van der Waals surface area contributed by atoms with E-state index in [1.165, 1.54) is 30.3 Å². The summed E-state index contributed by atoms with van der Waals surface area (Å²) in [7, 11) is 0.